The largest absolute Gasteiger partial charge is 0.325 e. The van der Waals surface area contributed by atoms with Gasteiger partial charge < -0.3 is 5.32 Å². The molecule has 2 aromatic carbocycles. The van der Waals surface area contributed by atoms with Crippen LogP contribution in [0.5, 0.6) is 0 Å². The van der Waals surface area contributed by atoms with E-state index in [-0.39, 0.29) is 22.5 Å². The molecular formula is C20H21BrClFN2O3S. The lowest BCUT2D eigenvalue weighted by molar-refractivity contribution is -0.116. The van der Waals surface area contributed by atoms with Crippen LogP contribution < -0.4 is 5.32 Å². The molecule has 1 amide bonds. The standard InChI is InChI=1S/C20H21BrClFN2O3S/c21-14-6-9-17(10-7-14)29(27,28)25(16-4-2-1-3-5-16)13-20(26)24-15-8-11-19(23)18(22)12-15/h6-12,16H,1-5,13H2,(H,24,26). The SMILES string of the molecule is O=C(CN(C1CCCCC1)S(=O)(=O)c1ccc(Br)cc1)Nc1ccc(F)c(Cl)c1. The van der Waals surface area contributed by atoms with Gasteiger partial charge in [-0.05, 0) is 55.3 Å². The van der Waals surface area contributed by atoms with Gasteiger partial charge in [0.25, 0.3) is 0 Å². The zero-order valence-corrected chi connectivity index (χ0v) is 18.7. The zero-order chi connectivity index (χ0) is 21.0. The summed E-state index contributed by atoms with van der Waals surface area (Å²) in [6.45, 7) is -0.321. The Kier molecular flexibility index (Phi) is 7.32. The predicted molar refractivity (Wildman–Crippen MR) is 115 cm³/mol. The van der Waals surface area contributed by atoms with Crippen molar-refractivity contribution in [1.82, 2.24) is 4.31 Å². The average Bonchev–Trinajstić information content (AvgIpc) is 2.70. The second kappa shape index (κ2) is 9.55. The quantitative estimate of drug-likeness (QED) is 0.589. The maximum atomic E-state index is 13.3. The molecule has 0 aromatic heterocycles. The Morgan fingerprint density at radius 1 is 1.14 bits per heavy atom. The van der Waals surface area contributed by atoms with Crippen molar-refractivity contribution < 1.29 is 17.6 Å². The topological polar surface area (TPSA) is 66.5 Å². The molecule has 0 bridgehead atoms. The minimum absolute atomic E-state index is 0.116. The van der Waals surface area contributed by atoms with Crippen LogP contribution in [0.4, 0.5) is 10.1 Å². The van der Waals surface area contributed by atoms with Crippen molar-refractivity contribution in [3.05, 3.63) is 57.8 Å². The number of hydrogen-bond donors (Lipinski definition) is 1. The van der Waals surface area contributed by atoms with E-state index in [1.807, 2.05) is 0 Å². The van der Waals surface area contributed by atoms with Crippen LogP contribution in [0.25, 0.3) is 0 Å². The van der Waals surface area contributed by atoms with Gasteiger partial charge in [0.05, 0.1) is 16.5 Å². The van der Waals surface area contributed by atoms with Crippen LogP contribution in [-0.4, -0.2) is 31.2 Å². The van der Waals surface area contributed by atoms with Gasteiger partial charge in [-0.15, -0.1) is 0 Å². The van der Waals surface area contributed by atoms with Gasteiger partial charge in [0.15, 0.2) is 0 Å². The molecule has 0 spiro atoms. The van der Waals surface area contributed by atoms with Gasteiger partial charge in [-0.25, -0.2) is 12.8 Å². The fraction of sp³-hybridized carbons (Fsp3) is 0.350. The van der Waals surface area contributed by atoms with E-state index in [1.165, 1.54) is 28.6 Å². The van der Waals surface area contributed by atoms with Crippen molar-refractivity contribution in [2.75, 3.05) is 11.9 Å². The predicted octanol–water partition coefficient (Wildman–Crippen LogP) is 5.20. The molecule has 29 heavy (non-hydrogen) atoms. The lowest BCUT2D eigenvalue weighted by atomic mass is 9.95. The third-order valence-electron chi connectivity index (χ3n) is 4.90. The normalized spacial score (nSPS) is 15.4. The van der Waals surface area contributed by atoms with Crippen molar-refractivity contribution in [2.45, 2.75) is 43.0 Å². The molecule has 0 aliphatic heterocycles. The van der Waals surface area contributed by atoms with Gasteiger partial charge in [-0.1, -0.05) is 46.8 Å². The number of hydrogen-bond acceptors (Lipinski definition) is 3. The molecule has 156 valence electrons. The van der Waals surface area contributed by atoms with Crippen LogP contribution in [0.15, 0.2) is 51.8 Å². The van der Waals surface area contributed by atoms with Crippen molar-refractivity contribution in [3.8, 4) is 0 Å². The molecule has 1 saturated carbocycles. The molecular weight excluding hydrogens is 483 g/mol. The Hall–Kier alpha value is -1.48. The highest BCUT2D eigenvalue weighted by molar-refractivity contribution is 9.10. The Balaban J connectivity index is 1.84. The number of benzene rings is 2. The van der Waals surface area contributed by atoms with E-state index in [2.05, 4.69) is 21.2 Å². The summed E-state index contributed by atoms with van der Waals surface area (Å²) in [5, 5.41) is 2.49. The summed E-state index contributed by atoms with van der Waals surface area (Å²) in [4.78, 5) is 12.8. The van der Waals surface area contributed by atoms with Crippen LogP contribution in [0.2, 0.25) is 5.02 Å². The Labute approximate surface area is 183 Å². The molecule has 0 saturated heterocycles. The monoisotopic (exact) mass is 502 g/mol. The van der Waals surface area contributed by atoms with Gasteiger partial charge in [0.1, 0.15) is 5.82 Å². The number of rotatable bonds is 6. The van der Waals surface area contributed by atoms with Crippen LogP contribution >= 0.6 is 27.5 Å². The van der Waals surface area contributed by atoms with E-state index in [4.69, 9.17) is 11.6 Å². The Morgan fingerprint density at radius 3 is 2.41 bits per heavy atom. The maximum absolute atomic E-state index is 13.3. The smallest absolute Gasteiger partial charge is 0.243 e. The van der Waals surface area contributed by atoms with Crippen molar-refractivity contribution >= 4 is 49.1 Å². The molecule has 1 aliphatic carbocycles. The number of carbonyl (C=O) groups excluding carboxylic acids is 1. The number of amides is 1. The van der Waals surface area contributed by atoms with Gasteiger partial charge in [-0.3, -0.25) is 4.79 Å². The molecule has 9 heteroatoms. The lowest BCUT2D eigenvalue weighted by Gasteiger charge is -2.33. The first-order valence-corrected chi connectivity index (χ1v) is 11.9. The molecule has 5 nitrogen and oxygen atoms in total. The molecule has 1 aliphatic rings. The van der Waals surface area contributed by atoms with Crippen LogP contribution in [0.1, 0.15) is 32.1 Å². The third kappa shape index (κ3) is 5.57. The summed E-state index contributed by atoms with van der Waals surface area (Å²) in [7, 11) is -3.85. The Bertz CT molecular complexity index is 980. The molecule has 0 heterocycles. The number of sulfonamides is 1. The van der Waals surface area contributed by atoms with E-state index >= 15 is 0 Å². The summed E-state index contributed by atoms with van der Waals surface area (Å²) in [6, 6.07) is 9.95. The molecule has 0 atom stereocenters. The molecule has 1 fully saturated rings. The van der Waals surface area contributed by atoms with E-state index in [1.54, 1.807) is 12.1 Å². The highest BCUT2D eigenvalue weighted by Gasteiger charge is 2.34. The fourth-order valence-corrected chi connectivity index (χ4v) is 5.52. The molecule has 3 rings (SSSR count). The number of halogens is 3. The highest BCUT2D eigenvalue weighted by Crippen LogP contribution is 2.28. The summed E-state index contributed by atoms with van der Waals surface area (Å²) in [5.74, 6) is -1.09. The summed E-state index contributed by atoms with van der Waals surface area (Å²) >= 11 is 9.06. The van der Waals surface area contributed by atoms with Crippen molar-refractivity contribution in [2.24, 2.45) is 0 Å². The first kappa shape index (κ1) is 22.2. The average molecular weight is 504 g/mol. The van der Waals surface area contributed by atoms with Crippen LogP contribution in [0.3, 0.4) is 0 Å². The molecule has 1 N–H and O–H groups in total. The highest BCUT2D eigenvalue weighted by atomic mass is 79.9. The third-order valence-corrected chi connectivity index (χ3v) is 7.64. The second-order valence-corrected chi connectivity index (χ2v) is 10.2. The van der Waals surface area contributed by atoms with E-state index < -0.39 is 21.7 Å². The van der Waals surface area contributed by atoms with Gasteiger partial charge in [-0.2, -0.15) is 4.31 Å². The number of carbonyl (C=O) groups is 1. The summed E-state index contributed by atoms with van der Waals surface area (Å²) < 4.78 is 42.0. The number of nitrogens with zero attached hydrogens (tertiary/aromatic N) is 1. The van der Waals surface area contributed by atoms with Gasteiger partial charge in [0, 0.05) is 16.2 Å². The van der Waals surface area contributed by atoms with Crippen molar-refractivity contribution in [1.29, 1.82) is 0 Å². The summed E-state index contributed by atoms with van der Waals surface area (Å²) in [5.41, 5.74) is 0.311. The van der Waals surface area contributed by atoms with Gasteiger partial charge >= 0.3 is 0 Å². The first-order valence-electron chi connectivity index (χ1n) is 9.29. The van der Waals surface area contributed by atoms with E-state index in [0.29, 0.717) is 18.5 Å². The van der Waals surface area contributed by atoms with Crippen LogP contribution in [-0.2, 0) is 14.8 Å². The molecule has 0 radical (unpaired) electrons. The summed E-state index contributed by atoms with van der Waals surface area (Å²) in [6.07, 6.45) is 4.33. The van der Waals surface area contributed by atoms with Crippen molar-refractivity contribution in [3.63, 3.8) is 0 Å². The number of nitrogens with one attached hydrogen (secondary N) is 1. The molecule has 0 unspecified atom stereocenters. The fourth-order valence-electron chi connectivity index (χ4n) is 3.44. The van der Waals surface area contributed by atoms with E-state index in [0.717, 1.165) is 29.8 Å². The number of anilines is 1. The van der Waals surface area contributed by atoms with E-state index in [9.17, 15) is 17.6 Å². The first-order chi connectivity index (χ1) is 13.8. The zero-order valence-electron chi connectivity index (χ0n) is 15.6. The minimum atomic E-state index is -3.85. The lowest BCUT2D eigenvalue weighted by Crippen LogP contribution is -2.45. The minimum Gasteiger partial charge on any atom is -0.325 e. The second-order valence-electron chi connectivity index (χ2n) is 6.97. The van der Waals surface area contributed by atoms with Gasteiger partial charge in [0.2, 0.25) is 15.9 Å². The van der Waals surface area contributed by atoms with Crippen LogP contribution in [0, 0.1) is 5.82 Å². The Morgan fingerprint density at radius 2 is 1.79 bits per heavy atom. The molecule has 2 aromatic rings. The maximum Gasteiger partial charge on any atom is 0.243 e.